The molecule has 1 heterocycles. The van der Waals surface area contributed by atoms with E-state index in [9.17, 15) is 9.59 Å². The van der Waals surface area contributed by atoms with E-state index < -0.39 is 18.0 Å². The molecule has 2 atom stereocenters. The lowest BCUT2D eigenvalue weighted by Gasteiger charge is -2.16. The summed E-state index contributed by atoms with van der Waals surface area (Å²) in [6, 6.07) is 0. The summed E-state index contributed by atoms with van der Waals surface area (Å²) in [5.41, 5.74) is 0. The Morgan fingerprint density at radius 3 is 2.94 bits per heavy atom. The highest BCUT2D eigenvalue weighted by Gasteiger charge is 2.25. The van der Waals surface area contributed by atoms with E-state index in [0.29, 0.717) is 19.6 Å². The number of carboxylic acids is 1. The molecule has 1 amide bonds. The van der Waals surface area contributed by atoms with Crippen molar-refractivity contribution in [3.63, 3.8) is 0 Å². The molecule has 1 rings (SSSR count). The van der Waals surface area contributed by atoms with Gasteiger partial charge in [0.2, 0.25) is 0 Å². The monoisotopic (exact) mass is 257 g/mol. The first-order chi connectivity index (χ1) is 8.63. The molecule has 0 radical (unpaired) electrons. The minimum atomic E-state index is -0.911. The highest BCUT2D eigenvalue weighted by molar-refractivity contribution is 5.72. The summed E-state index contributed by atoms with van der Waals surface area (Å²) in [7, 11) is 0. The van der Waals surface area contributed by atoms with Crippen molar-refractivity contribution >= 4 is 12.1 Å². The van der Waals surface area contributed by atoms with Crippen LogP contribution in [0.4, 0.5) is 4.79 Å². The smallest absolute Gasteiger partial charge is 0.407 e. The number of amides is 1. The zero-order valence-corrected chi connectivity index (χ0v) is 10.3. The zero-order valence-electron chi connectivity index (χ0n) is 10.3. The summed E-state index contributed by atoms with van der Waals surface area (Å²) >= 11 is 0. The molecule has 1 aliphatic rings. The average molecular weight is 257 g/mol. The van der Waals surface area contributed by atoms with Gasteiger partial charge >= 0.3 is 12.1 Å². The second-order valence-corrected chi connectivity index (χ2v) is 4.27. The van der Waals surface area contributed by atoms with Crippen LogP contribution in [-0.2, 0) is 14.3 Å². The van der Waals surface area contributed by atoms with Gasteiger partial charge in [0.25, 0.3) is 0 Å². The number of ether oxygens (including phenoxy) is 2. The van der Waals surface area contributed by atoms with Gasteiger partial charge in [-0.2, -0.15) is 0 Å². The van der Waals surface area contributed by atoms with Gasteiger partial charge in [0, 0.05) is 19.8 Å². The number of hydrogen-bond acceptors (Lipinski definition) is 4. The Hall–Kier alpha value is -1.56. The number of hydrogen-bond donors (Lipinski definition) is 2. The number of nitrogens with one attached hydrogen (secondary N) is 1. The van der Waals surface area contributed by atoms with E-state index in [1.54, 1.807) is 0 Å². The van der Waals surface area contributed by atoms with Crippen LogP contribution in [-0.4, -0.2) is 43.5 Å². The Morgan fingerprint density at radius 1 is 1.61 bits per heavy atom. The summed E-state index contributed by atoms with van der Waals surface area (Å²) in [5, 5.41) is 11.5. The van der Waals surface area contributed by atoms with Crippen LogP contribution in [0.15, 0.2) is 12.7 Å². The molecule has 0 aromatic rings. The highest BCUT2D eigenvalue weighted by atomic mass is 16.5. The lowest BCUT2D eigenvalue weighted by Crippen LogP contribution is -2.34. The first-order valence-corrected chi connectivity index (χ1v) is 5.95. The summed E-state index contributed by atoms with van der Waals surface area (Å²) in [6.45, 7) is 4.88. The van der Waals surface area contributed by atoms with Crippen LogP contribution in [0.5, 0.6) is 0 Å². The third-order valence-electron chi connectivity index (χ3n) is 2.82. The number of carbonyl (C=O) groups is 2. The number of carbonyl (C=O) groups excluding carboxylic acids is 1. The van der Waals surface area contributed by atoms with Crippen molar-refractivity contribution in [3.05, 3.63) is 12.7 Å². The molecule has 0 bridgehead atoms. The Labute approximate surface area is 106 Å². The third-order valence-corrected chi connectivity index (χ3v) is 2.82. The SMILES string of the molecule is C=CCOC(=O)NCC(CC1CCOC1)C(=O)O. The van der Waals surface area contributed by atoms with Crippen LogP contribution in [0.2, 0.25) is 0 Å². The van der Waals surface area contributed by atoms with Gasteiger partial charge in [-0.15, -0.1) is 0 Å². The fourth-order valence-electron chi connectivity index (χ4n) is 1.84. The van der Waals surface area contributed by atoms with E-state index in [1.165, 1.54) is 6.08 Å². The third kappa shape index (κ3) is 5.18. The van der Waals surface area contributed by atoms with Gasteiger partial charge in [0.1, 0.15) is 6.61 Å². The van der Waals surface area contributed by atoms with Crippen LogP contribution in [0.25, 0.3) is 0 Å². The second-order valence-electron chi connectivity index (χ2n) is 4.27. The molecule has 1 aliphatic heterocycles. The van der Waals surface area contributed by atoms with Crippen molar-refractivity contribution in [2.75, 3.05) is 26.4 Å². The van der Waals surface area contributed by atoms with Crippen molar-refractivity contribution in [2.24, 2.45) is 11.8 Å². The lowest BCUT2D eigenvalue weighted by molar-refractivity contribution is -0.142. The molecule has 102 valence electrons. The van der Waals surface area contributed by atoms with Gasteiger partial charge in [0.05, 0.1) is 5.92 Å². The molecule has 1 saturated heterocycles. The Kier molecular flexibility index (Phi) is 6.21. The van der Waals surface area contributed by atoms with Gasteiger partial charge in [-0.05, 0) is 18.8 Å². The molecule has 2 unspecified atom stereocenters. The van der Waals surface area contributed by atoms with Crippen LogP contribution >= 0.6 is 0 Å². The maximum Gasteiger partial charge on any atom is 0.407 e. The molecule has 0 spiro atoms. The highest BCUT2D eigenvalue weighted by Crippen LogP contribution is 2.21. The molecular formula is C12H19NO5. The van der Waals surface area contributed by atoms with E-state index in [1.807, 2.05) is 0 Å². The maximum absolute atomic E-state index is 11.2. The van der Waals surface area contributed by atoms with E-state index in [-0.39, 0.29) is 19.1 Å². The van der Waals surface area contributed by atoms with Crippen molar-refractivity contribution < 1.29 is 24.2 Å². The molecule has 0 saturated carbocycles. The van der Waals surface area contributed by atoms with Crippen molar-refractivity contribution in [3.8, 4) is 0 Å². The quantitative estimate of drug-likeness (QED) is 0.665. The van der Waals surface area contributed by atoms with Crippen molar-refractivity contribution in [1.82, 2.24) is 5.32 Å². The van der Waals surface area contributed by atoms with Gasteiger partial charge in [0.15, 0.2) is 0 Å². The number of carboxylic acid groups (broad SMARTS) is 1. The fraction of sp³-hybridized carbons (Fsp3) is 0.667. The lowest BCUT2D eigenvalue weighted by atomic mass is 9.94. The van der Waals surface area contributed by atoms with Gasteiger partial charge in [-0.25, -0.2) is 4.79 Å². The number of alkyl carbamates (subject to hydrolysis) is 1. The van der Waals surface area contributed by atoms with Crippen LogP contribution in [0, 0.1) is 11.8 Å². The second kappa shape index (κ2) is 7.71. The van der Waals surface area contributed by atoms with Gasteiger partial charge < -0.3 is 19.9 Å². The van der Waals surface area contributed by atoms with Crippen LogP contribution < -0.4 is 5.32 Å². The molecule has 0 aromatic carbocycles. The molecule has 0 aliphatic carbocycles. The molecule has 2 N–H and O–H groups in total. The predicted octanol–water partition coefficient (Wildman–Crippen LogP) is 1.03. The number of rotatable bonds is 7. The minimum Gasteiger partial charge on any atom is -0.481 e. The minimum absolute atomic E-state index is 0.0712. The van der Waals surface area contributed by atoms with Crippen molar-refractivity contribution in [1.29, 1.82) is 0 Å². The van der Waals surface area contributed by atoms with E-state index in [0.717, 1.165) is 6.42 Å². The topological polar surface area (TPSA) is 84.9 Å². The largest absolute Gasteiger partial charge is 0.481 e. The molecule has 18 heavy (non-hydrogen) atoms. The maximum atomic E-state index is 11.2. The summed E-state index contributed by atoms with van der Waals surface area (Å²) in [4.78, 5) is 22.2. The fourth-order valence-corrected chi connectivity index (χ4v) is 1.84. The first kappa shape index (κ1) is 14.5. The summed E-state index contributed by atoms with van der Waals surface area (Å²) in [5.74, 6) is -1.25. The average Bonchev–Trinajstić information content (AvgIpc) is 2.84. The summed E-state index contributed by atoms with van der Waals surface area (Å²) in [6.07, 6.45) is 2.22. The molecule has 6 heteroatoms. The Balaban J connectivity index is 2.30. The Morgan fingerprint density at radius 2 is 2.39 bits per heavy atom. The molecule has 1 fully saturated rings. The van der Waals surface area contributed by atoms with Crippen LogP contribution in [0.3, 0.4) is 0 Å². The zero-order chi connectivity index (χ0) is 13.4. The summed E-state index contributed by atoms with van der Waals surface area (Å²) < 4.78 is 9.91. The molecule has 6 nitrogen and oxygen atoms in total. The molecular weight excluding hydrogens is 238 g/mol. The van der Waals surface area contributed by atoms with Gasteiger partial charge in [-0.1, -0.05) is 12.7 Å². The number of aliphatic carboxylic acids is 1. The first-order valence-electron chi connectivity index (χ1n) is 5.95. The van der Waals surface area contributed by atoms with E-state index in [2.05, 4.69) is 11.9 Å². The normalized spacial score (nSPS) is 20.1. The van der Waals surface area contributed by atoms with Crippen LogP contribution in [0.1, 0.15) is 12.8 Å². The van der Waals surface area contributed by atoms with E-state index >= 15 is 0 Å². The predicted molar refractivity (Wildman–Crippen MR) is 64.2 cm³/mol. The molecule has 0 aromatic heterocycles. The van der Waals surface area contributed by atoms with E-state index in [4.69, 9.17) is 14.6 Å². The van der Waals surface area contributed by atoms with Gasteiger partial charge in [-0.3, -0.25) is 4.79 Å². The standard InChI is InChI=1S/C12H19NO5/c1-2-4-18-12(16)13-7-10(11(14)15)6-9-3-5-17-8-9/h2,9-10H,1,3-8H2,(H,13,16)(H,14,15). The van der Waals surface area contributed by atoms with Crippen molar-refractivity contribution in [2.45, 2.75) is 12.8 Å². The Bertz CT molecular complexity index is 299.